The predicted octanol–water partition coefficient (Wildman–Crippen LogP) is -1.94. The van der Waals surface area contributed by atoms with Gasteiger partial charge in [0.05, 0.1) is 6.04 Å². The second-order valence-corrected chi connectivity index (χ2v) is 10.2. The Morgan fingerprint density at radius 3 is 2.64 bits per heavy atom. The van der Waals surface area contributed by atoms with Crippen LogP contribution in [0.25, 0.3) is 0 Å². The van der Waals surface area contributed by atoms with Gasteiger partial charge in [0.15, 0.2) is 0 Å². The van der Waals surface area contributed by atoms with Gasteiger partial charge in [0.25, 0.3) is 10.2 Å². The molecule has 2 aliphatic rings. The van der Waals surface area contributed by atoms with E-state index in [1.807, 2.05) is 6.92 Å². The molecule has 0 aromatic carbocycles. The van der Waals surface area contributed by atoms with E-state index in [0.717, 1.165) is 0 Å². The summed E-state index contributed by atoms with van der Waals surface area (Å²) in [4.78, 5) is 11.8. The summed E-state index contributed by atoms with van der Waals surface area (Å²) in [6.45, 7) is 6.01. The van der Waals surface area contributed by atoms with Crippen molar-refractivity contribution in [2.75, 3.05) is 19.6 Å². The summed E-state index contributed by atoms with van der Waals surface area (Å²) in [5.41, 5.74) is 11.2. The molecule has 1 amide bonds. The Morgan fingerprint density at radius 1 is 1.46 bits per heavy atom. The monoisotopic (exact) mass is 419 g/mol. The van der Waals surface area contributed by atoms with Gasteiger partial charge in [0.2, 0.25) is 5.91 Å². The number of nitrogens with zero attached hydrogens (tertiary/aromatic N) is 2. The van der Waals surface area contributed by atoms with Crippen LogP contribution in [0.4, 0.5) is 0 Å². The van der Waals surface area contributed by atoms with Gasteiger partial charge in [-0.3, -0.25) is 4.79 Å². The minimum absolute atomic E-state index is 0.0625. The SMILES string of the molecule is CCN([C@@H]1C[C@H]1NC(=O)[C@H](C)N)S(=O)(=O)N1C[C@H](CCCB(O)O)[C@@](C)(N)C1. The average Bonchev–Trinajstić information content (AvgIpc) is 3.22. The standard InChI is InChI=1S/C16H34BN5O5S/c1-4-22(14-8-13(14)20-15(23)11(2)18)28(26,27)21-9-12(16(3,19)10-21)6-5-7-17(24)25/h11-14,24-25H,4-10,18-19H2,1-3H3,(H,20,23)/t11-,12-,13+,14+,16-/m0/s1. The van der Waals surface area contributed by atoms with E-state index in [0.29, 0.717) is 32.4 Å². The van der Waals surface area contributed by atoms with Gasteiger partial charge < -0.3 is 26.8 Å². The van der Waals surface area contributed by atoms with E-state index in [2.05, 4.69) is 5.32 Å². The van der Waals surface area contributed by atoms with Crippen molar-refractivity contribution in [2.24, 2.45) is 17.4 Å². The number of nitrogens with two attached hydrogens (primary N) is 2. The first-order valence-electron chi connectivity index (χ1n) is 9.88. The van der Waals surface area contributed by atoms with Gasteiger partial charge in [-0.05, 0) is 38.9 Å². The quantitative estimate of drug-likeness (QED) is 0.257. The number of hydrogen-bond donors (Lipinski definition) is 5. The third-order valence-electron chi connectivity index (χ3n) is 5.69. The number of likely N-dealkylation sites (N-methyl/N-ethyl adjacent to an activating group) is 1. The van der Waals surface area contributed by atoms with Gasteiger partial charge in [-0.1, -0.05) is 13.3 Å². The van der Waals surface area contributed by atoms with Gasteiger partial charge >= 0.3 is 7.12 Å². The molecule has 28 heavy (non-hydrogen) atoms. The average molecular weight is 419 g/mol. The summed E-state index contributed by atoms with van der Waals surface area (Å²) in [5, 5.41) is 20.8. The summed E-state index contributed by atoms with van der Waals surface area (Å²) in [6, 6.07) is -1.13. The van der Waals surface area contributed by atoms with Crippen molar-refractivity contribution in [2.45, 2.75) is 70.0 Å². The van der Waals surface area contributed by atoms with E-state index >= 15 is 0 Å². The van der Waals surface area contributed by atoms with Crippen molar-refractivity contribution in [1.29, 1.82) is 0 Å². The molecule has 0 unspecified atom stereocenters. The Bertz CT molecular complexity index is 660. The van der Waals surface area contributed by atoms with Crippen LogP contribution in [0, 0.1) is 5.92 Å². The summed E-state index contributed by atoms with van der Waals surface area (Å²) in [5.74, 6) is -0.352. The minimum Gasteiger partial charge on any atom is -0.427 e. The van der Waals surface area contributed by atoms with Gasteiger partial charge in [-0.15, -0.1) is 0 Å². The molecule has 2 fully saturated rings. The maximum absolute atomic E-state index is 13.2. The largest absolute Gasteiger partial charge is 0.451 e. The molecule has 0 spiro atoms. The van der Waals surface area contributed by atoms with Crippen molar-refractivity contribution in [3.8, 4) is 0 Å². The van der Waals surface area contributed by atoms with Crippen molar-refractivity contribution in [1.82, 2.24) is 13.9 Å². The molecule has 1 saturated heterocycles. The number of carbonyl (C=O) groups excluding carboxylic acids is 1. The Morgan fingerprint density at radius 2 is 2.11 bits per heavy atom. The lowest BCUT2D eigenvalue weighted by Crippen LogP contribution is -2.49. The second kappa shape index (κ2) is 8.94. The molecular weight excluding hydrogens is 385 g/mol. The highest BCUT2D eigenvalue weighted by Gasteiger charge is 2.52. The number of nitrogens with one attached hydrogen (secondary N) is 1. The van der Waals surface area contributed by atoms with E-state index in [4.69, 9.17) is 21.5 Å². The van der Waals surface area contributed by atoms with E-state index in [9.17, 15) is 13.2 Å². The molecule has 2 rings (SSSR count). The normalized spacial score (nSPS) is 31.8. The topological polar surface area (TPSA) is 162 Å². The molecule has 5 atom stereocenters. The molecule has 1 aliphatic carbocycles. The lowest BCUT2D eigenvalue weighted by atomic mass is 9.79. The number of rotatable bonds is 10. The molecule has 1 heterocycles. The summed E-state index contributed by atoms with van der Waals surface area (Å²) < 4.78 is 29.3. The molecule has 0 radical (unpaired) electrons. The molecule has 0 aromatic heterocycles. The van der Waals surface area contributed by atoms with Crippen LogP contribution in [-0.4, -0.2) is 83.4 Å². The number of amides is 1. The Balaban J connectivity index is 2.01. The zero-order valence-corrected chi connectivity index (χ0v) is 17.7. The summed E-state index contributed by atoms with van der Waals surface area (Å²) in [6.07, 6.45) is 1.99. The van der Waals surface area contributed by atoms with E-state index in [1.54, 1.807) is 13.8 Å². The van der Waals surface area contributed by atoms with Crippen molar-refractivity contribution >= 4 is 23.2 Å². The lowest BCUT2D eigenvalue weighted by Gasteiger charge is -2.28. The first-order chi connectivity index (χ1) is 12.9. The van der Waals surface area contributed by atoms with Crippen LogP contribution in [0.3, 0.4) is 0 Å². The maximum Gasteiger partial charge on any atom is 0.451 e. The minimum atomic E-state index is -3.72. The maximum atomic E-state index is 13.2. The third kappa shape index (κ3) is 5.44. The highest BCUT2D eigenvalue weighted by molar-refractivity contribution is 7.86. The molecule has 1 aliphatic heterocycles. The summed E-state index contributed by atoms with van der Waals surface area (Å²) in [7, 11) is -5.08. The third-order valence-corrected chi connectivity index (χ3v) is 7.74. The molecule has 0 aromatic rings. The number of carbonyl (C=O) groups is 1. The summed E-state index contributed by atoms with van der Waals surface area (Å²) >= 11 is 0. The molecule has 162 valence electrons. The van der Waals surface area contributed by atoms with Gasteiger partial charge in [0.1, 0.15) is 0 Å². The van der Waals surface area contributed by atoms with Crippen LogP contribution in [0.1, 0.15) is 40.0 Å². The zero-order valence-electron chi connectivity index (χ0n) is 16.9. The van der Waals surface area contributed by atoms with Crippen LogP contribution >= 0.6 is 0 Å². The fraction of sp³-hybridized carbons (Fsp3) is 0.938. The molecule has 12 heteroatoms. The Hall–Kier alpha value is -0.755. The van der Waals surface area contributed by atoms with Gasteiger partial charge in [0, 0.05) is 37.3 Å². The molecule has 1 saturated carbocycles. The van der Waals surface area contributed by atoms with Crippen molar-refractivity contribution < 1.29 is 23.3 Å². The highest BCUT2D eigenvalue weighted by atomic mass is 32.2. The molecule has 7 N–H and O–H groups in total. The highest BCUT2D eigenvalue weighted by Crippen LogP contribution is 2.36. The van der Waals surface area contributed by atoms with Crippen LogP contribution in [0.5, 0.6) is 0 Å². The van der Waals surface area contributed by atoms with Crippen LogP contribution < -0.4 is 16.8 Å². The van der Waals surface area contributed by atoms with Crippen molar-refractivity contribution in [3.05, 3.63) is 0 Å². The molecule has 10 nitrogen and oxygen atoms in total. The first-order valence-corrected chi connectivity index (χ1v) is 11.3. The van der Waals surface area contributed by atoms with E-state index < -0.39 is 28.9 Å². The van der Waals surface area contributed by atoms with Crippen LogP contribution in [0.15, 0.2) is 0 Å². The van der Waals surface area contributed by atoms with E-state index in [-0.39, 0.29) is 36.8 Å². The van der Waals surface area contributed by atoms with Gasteiger partial charge in [-0.2, -0.15) is 17.0 Å². The van der Waals surface area contributed by atoms with Gasteiger partial charge in [-0.25, -0.2) is 0 Å². The fourth-order valence-corrected chi connectivity index (χ4v) is 5.87. The number of hydrogen-bond acceptors (Lipinski definition) is 7. The fourth-order valence-electron chi connectivity index (χ4n) is 3.86. The van der Waals surface area contributed by atoms with Crippen LogP contribution in [0.2, 0.25) is 6.32 Å². The Kier molecular flexibility index (Phi) is 7.51. The predicted molar refractivity (Wildman–Crippen MR) is 107 cm³/mol. The van der Waals surface area contributed by atoms with Crippen molar-refractivity contribution in [3.63, 3.8) is 0 Å². The molecular formula is C16H34BN5O5S. The smallest absolute Gasteiger partial charge is 0.427 e. The second-order valence-electron chi connectivity index (χ2n) is 8.32. The van der Waals surface area contributed by atoms with E-state index in [1.165, 1.54) is 8.61 Å². The zero-order chi connectivity index (χ0) is 21.3. The molecule has 0 bridgehead atoms. The Labute approximate surface area is 167 Å². The van der Waals surface area contributed by atoms with Crippen LogP contribution in [-0.2, 0) is 15.0 Å². The lowest BCUT2D eigenvalue weighted by molar-refractivity contribution is -0.122. The first kappa shape index (κ1) is 23.5.